The van der Waals surface area contributed by atoms with E-state index in [1.54, 1.807) is 19.1 Å². The Kier molecular flexibility index (Phi) is 2.47. The zero-order valence-electron chi connectivity index (χ0n) is 6.84. The lowest BCUT2D eigenvalue weighted by Crippen LogP contribution is -1.91. The predicted octanol–water partition coefficient (Wildman–Crippen LogP) is 2.85. The molecule has 1 aromatic carbocycles. The second kappa shape index (κ2) is 3.55. The monoisotopic (exact) mass is 178 g/mol. The van der Waals surface area contributed by atoms with Crippen LogP contribution in [0.15, 0.2) is 23.3 Å². The van der Waals surface area contributed by atoms with E-state index >= 15 is 0 Å². The minimum absolute atomic E-state index is 0.0486. The summed E-state index contributed by atoms with van der Waals surface area (Å²) in [4.78, 5) is 12.5. The Hall–Kier alpha value is -2.07. The van der Waals surface area contributed by atoms with Gasteiger partial charge in [-0.25, -0.2) is 0 Å². The lowest BCUT2D eigenvalue weighted by Gasteiger charge is -1.98. The van der Waals surface area contributed by atoms with Crippen molar-refractivity contribution in [2.24, 2.45) is 5.11 Å². The first kappa shape index (κ1) is 9.02. The summed E-state index contributed by atoms with van der Waals surface area (Å²) >= 11 is 0. The Labute approximate surface area is 73.6 Å². The van der Waals surface area contributed by atoms with E-state index in [0.29, 0.717) is 5.56 Å². The standard InChI is InChI=1S/C7H6N4O2/c1-5-3-2-4-6(9-10-8)7(5)11(12)13/h2-4H,1H3. The molecule has 0 spiro atoms. The van der Waals surface area contributed by atoms with Crippen LogP contribution >= 0.6 is 0 Å². The quantitative estimate of drug-likeness (QED) is 0.229. The van der Waals surface area contributed by atoms with Gasteiger partial charge < -0.3 is 0 Å². The molecule has 0 atom stereocenters. The molecular formula is C7H6N4O2. The smallest absolute Gasteiger partial charge is 0.258 e. The van der Waals surface area contributed by atoms with Gasteiger partial charge in [-0.05, 0) is 18.5 Å². The van der Waals surface area contributed by atoms with Gasteiger partial charge in [-0.2, -0.15) is 0 Å². The van der Waals surface area contributed by atoms with E-state index in [0.717, 1.165) is 0 Å². The third kappa shape index (κ3) is 1.74. The summed E-state index contributed by atoms with van der Waals surface area (Å²) in [5.41, 5.74) is 8.54. The van der Waals surface area contributed by atoms with Gasteiger partial charge in [0, 0.05) is 10.5 Å². The molecule has 0 N–H and O–H groups in total. The third-order valence-electron chi connectivity index (χ3n) is 1.55. The van der Waals surface area contributed by atoms with E-state index in [-0.39, 0.29) is 11.4 Å². The van der Waals surface area contributed by atoms with Crippen molar-refractivity contribution in [3.05, 3.63) is 44.3 Å². The number of hydrogen-bond acceptors (Lipinski definition) is 3. The molecule has 0 fully saturated rings. The van der Waals surface area contributed by atoms with Gasteiger partial charge in [0.2, 0.25) is 0 Å². The van der Waals surface area contributed by atoms with Gasteiger partial charge in [0.25, 0.3) is 5.69 Å². The maximum absolute atomic E-state index is 10.5. The fraction of sp³-hybridized carbons (Fsp3) is 0.143. The average molecular weight is 178 g/mol. The molecule has 66 valence electrons. The summed E-state index contributed by atoms with van der Waals surface area (Å²) in [5.74, 6) is 0. The molecule has 0 saturated carbocycles. The van der Waals surface area contributed by atoms with E-state index in [9.17, 15) is 10.1 Å². The number of azide groups is 1. The number of benzene rings is 1. The van der Waals surface area contributed by atoms with Gasteiger partial charge >= 0.3 is 0 Å². The van der Waals surface area contributed by atoms with Crippen molar-refractivity contribution in [3.63, 3.8) is 0 Å². The zero-order valence-corrected chi connectivity index (χ0v) is 6.84. The number of nitrogens with zero attached hydrogens (tertiary/aromatic N) is 4. The lowest BCUT2D eigenvalue weighted by molar-refractivity contribution is -0.384. The van der Waals surface area contributed by atoms with Gasteiger partial charge in [-0.15, -0.1) is 0 Å². The van der Waals surface area contributed by atoms with Crippen molar-refractivity contribution >= 4 is 11.4 Å². The number of rotatable bonds is 2. The molecule has 0 unspecified atom stereocenters. The molecule has 0 heterocycles. The maximum atomic E-state index is 10.5. The summed E-state index contributed by atoms with van der Waals surface area (Å²) in [5, 5.41) is 13.8. The highest BCUT2D eigenvalue weighted by molar-refractivity contribution is 5.61. The van der Waals surface area contributed by atoms with Crippen molar-refractivity contribution < 1.29 is 4.92 Å². The fourth-order valence-corrected chi connectivity index (χ4v) is 1.01. The molecule has 0 bridgehead atoms. The summed E-state index contributed by atoms with van der Waals surface area (Å²) in [6.07, 6.45) is 0. The van der Waals surface area contributed by atoms with Gasteiger partial charge in [0.15, 0.2) is 0 Å². The summed E-state index contributed by atoms with van der Waals surface area (Å²) < 4.78 is 0. The van der Waals surface area contributed by atoms with Crippen LogP contribution in [-0.2, 0) is 0 Å². The number of para-hydroxylation sites is 1. The van der Waals surface area contributed by atoms with Crippen molar-refractivity contribution in [2.75, 3.05) is 0 Å². The van der Waals surface area contributed by atoms with Crippen LogP contribution in [-0.4, -0.2) is 4.92 Å². The molecule has 1 rings (SSSR count). The second-order valence-corrected chi connectivity index (χ2v) is 2.39. The first-order chi connectivity index (χ1) is 6.16. The minimum atomic E-state index is -0.556. The van der Waals surface area contributed by atoms with Crippen LogP contribution in [0.3, 0.4) is 0 Å². The maximum Gasteiger partial charge on any atom is 0.281 e. The Morgan fingerprint density at radius 1 is 1.62 bits per heavy atom. The van der Waals surface area contributed by atoms with Crippen LogP contribution in [0.5, 0.6) is 0 Å². The Balaban J connectivity index is 3.42. The minimum Gasteiger partial charge on any atom is -0.258 e. The molecular weight excluding hydrogens is 172 g/mol. The molecule has 0 saturated heterocycles. The van der Waals surface area contributed by atoms with E-state index in [4.69, 9.17) is 5.53 Å². The second-order valence-electron chi connectivity index (χ2n) is 2.39. The van der Waals surface area contributed by atoms with Crippen LogP contribution < -0.4 is 0 Å². The highest BCUT2D eigenvalue weighted by Gasteiger charge is 2.14. The number of nitro groups is 1. The molecule has 6 heteroatoms. The zero-order chi connectivity index (χ0) is 9.84. The first-order valence-electron chi connectivity index (χ1n) is 3.46. The third-order valence-corrected chi connectivity index (χ3v) is 1.55. The van der Waals surface area contributed by atoms with Crippen LogP contribution in [0.2, 0.25) is 0 Å². The van der Waals surface area contributed by atoms with E-state index < -0.39 is 4.92 Å². The van der Waals surface area contributed by atoms with Crippen LogP contribution in [0.4, 0.5) is 11.4 Å². The summed E-state index contributed by atoms with van der Waals surface area (Å²) in [7, 11) is 0. The molecule has 0 aliphatic rings. The lowest BCUT2D eigenvalue weighted by atomic mass is 10.2. The van der Waals surface area contributed by atoms with Crippen molar-refractivity contribution in [3.8, 4) is 0 Å². The molecule has 6 nitrogen and oxygen atoms in total. The Morgan fingerprint density at radius 3 is 2.85 bits per heavy atom. The number of nitro benzene ring substituents is 1. The average Bonchev–Trinajstić information content (AvgIpc) is 2.04. The molecule has 0 amide bonds. The van der Waals surface area contributed by atoms with Crippen molar-refractivity contribution in [2.45, 2.75) is 6.92 Å². The van der Waals surface area contributed by atoms with Gasteiger partial charge in [0.1, 0.15) is 5.69 Å². The Bertz CT molecular complexity index is 395. The van der Waals surface area contributed by atoms with E-state index in [1.807, 2.05) is 0 Å². The molecule has 0 aliphatic carbocycles. The summed E-state index contributed by atoms with van der Waals surface area (Å²) in [6, 6.07) is 4.60. The van der Waals surface area contributed by atoms with Crippen LogP contribution in [0.25, 0.3) is 10.4 Å². The fourth-order valence-electron chi connectivity index (χ4n) is 1.01. The normalized spacial score (nSPS) is 9.00. The van der Waals surface area contributed by atoms with Crippen molar-refractivity contribution in [1.82, 2.24) is 0 Å². The van der Waals surface area contributed by atoms with Gasteiger partial charge in [0.05, 0.1) is 4.92 Å². The first-order valence-corrected chi connectivity index (χ1v) is 3.46. The largest absolute Gasteiger partial charge is 0.281 e. The highest BCUT2D eigenvalue weighted by atomic mass is 16.6. The predicted molar refractivity (Wildman–Crippen MR) is 46.6 cm³/mol. The summed E-state index contributed by atoms with van der Waals surface area (Å²) in [6.45, 7) is 1.59. The van der Waals surface area contributed by atoms with Crippen LogP contribution in [0.1, 0.15) is 5.56 Å². The Morgan fingerprint density at radius 2 is 2.31 bits per heavy atom. The molecule has 13 heavy (non-hydrogen) atoms. The van der Waals surface area contributed by atoms with Crippen molar-refractivity contribution in [1.29, 1.82) is 0 Å². The van der Waals surface area contributed by atoms with Gasteiger partial charge in [-0.1, -0.05) is 17.2 Å². The van der Waals surface area contributed by atoms with E-state index in [1.165, 1.54) is 6.07 Å². The molecule has 1 aromatic rings. The van der Waals surface area contributed by atoms with Gasteiger partial charge in [-0.3, -0.25) is 10.1 Å². The molecule has 0 aliphatic heterocycles. The number of aryl methyl sites for hydroxylation is 1. The molecule has 0 radical (unpaired) electrons. The topological polar surface area (TPSA) is 91.9 Å². The molecule has 0 aromatic heterocycles. The number of hydrogen-bond donors (Lipinski definition) is 0. The van der Waals surface area contributed by atoms with E-state index in [2.05, 4.69) is 10.0 Å². The highest BCUT2D eigenvalue weighted by Crippen LogP contribution is 2.30. The van der Waals surface area contributed by atoms with Crippen LogP contribution in [0, 0.1) is 17.0 Å². The SMILES string of the molecule is Cc1cccc(N=[N+]=[N-])c1[N+](=O)[O-].